The molecule has 2 rings (SSSR count). The predicted octanol–water partition coefficient (Wildman–Crippen LogP) is 3.07. The maximum atomic E-state index is 13.1. The maximum Gasteiger partial charge on any atom is 0.134 e. The molecule has 112 valence electrons. The SMILES string of the molecule is CNc1nc(C)nc(NCCc2cc(F)cc(F)c2)c1C. The number of aromatic nitrogens is 2. The van der Waals surface area contributed by atoms with E-state index in [0.717, 1.165) is 23.3 Å². The van der Waals surface area contributed by atoms with Gasteiger partial charge in [0, 0.05) is 25.2 Å². The molecule has 0 atom stereocenters. The van der Waals surface area contributed by atoms with Crippen molar-refractivity contribution in [2.45, 2.75) is 20.3 Å². The van der Waals surface area contributed by atoms with E-state index in [1.54, 1.807) is 7.05 Å². The normalized spacial score (nSPS) is 10.5. The summed E-state index contributed by atoms with van der Waals surface area (Å²) in [4.78, 5) is 8.62. The van der Waals surface area contributed by atoms with Gasteiger partial charge >= 0.3 is 0 Å². The van der Waals surface area contributed by atoms with E-state index in [-0.39, 0.29) is 0 Å². The summed E-state index contributed by atoms with van der Waals surface area (Å²) in [5.41, 5.74) is 1.52. The van der Waals surface area contributed by atoms with Gasteiger partial charge in [-0.15, -0.1) is 0 Å². The van der Waals surface area contributed by atoms with Crippen LogP contribution in [0.2, 0.25) is 0 Å². The number of anilines is 2. The van der Waals surface area contributed by atoms with Crippen molar-refractivity contribution in [3.8, 4) is 0 Å². The first-order valence-electron chi connectivity index (χ1n) is 6.71. The smallest absolute Gasteiger partial charge is 0.134 e. The number of halogens is 2. The Bertz CT molecular complexity index is 624. The first-order valence-corrected chi connectivity index (χ1v) is 6.71. The van der Waals surface area contributed by atoms with Gasteiger partial charge in [-0.25, -0.2) is 18.7 Å². The van der Waals surface area contributed by atoms with E-state index in [2.05, 4.69) is 20.6 Å². The summed E-state index contributed by atoms with van der Waals surface area (Å²) in [7, 11) is 1.80. The highest BCUT2D eigenvalue weighted by atomic mass is 19.1. The topological polar surface area (TPSA) is 49.8 Å². The van der Waals surface area contributed by atoms with E-state index in [1.165, 1.54) is 12.1 Å². The third-order valence-electron chi connectivity index (χ3n) is 3.12. The van der Waals surface area contributed by atoms with Gasteiger partial charge in [-0.1, -0.05) is 0 Å². The van der Waals surface area contributed by atoms with Crippen molar-refractivity contribution in [2.24, 2.45) is 0 Å². The molecule has 0 aliphatic heterocycles. The second-order valence-electron chi connectivity index (χ2n) is 4.80. The molecule has 0 aliphatic carbocycles. The summed E-state index contributed by atoms with van der Waals surface area (Å²) in [5.74, 6) is 1.03. The van der Waals surface area contributed by atoms with Crippen LogP contribution in [0, 0.1) is 25.5 Å². The lowest BCUT2D eigenvalue weighted by atomic mass is 10.1. The van der Waals surface area contributed by atoms with Gasteiger partial charge in [0.15, 0.2) is 0 Å². The Balaban J connectivity index is 2.05. The standard InChI is InChI=1S/C15H18F2N4/c1-9-14(18-3)20-10(2)21-15(9)19-5-4-11-6-12(16)8-13(17)7-11/h6-8H,4-5H2,1-3H3,(H2,18,19,20,21). The van der Waals surface area contributed by atoms with Gasteiger partial charge < -0.3 is 10.6 Å². The number of aryl methyl sites for hydroxylation is 1. The Labute approximate surface area is 122 Å². The van der Waals surface area contributed by atoms with Crippen molar-refractivity contribution in [1.82, 2.24) is 9.97 Å². The first kappa shape index (κ1) is 15.2. The van der Waals surface area contributed by atoms with Crippen molar-refractivity contribution in [3.63, 3.8) is 0 Å². The van der Waals surface area contributed by atoms with E-state index in [9.17, 15) is 8.78 Å². The molecule has 1 heterocycles. The van der Waals surface area contributed by atoms with E-state index in [0.29, 0.717) is 24.4 Å². The molecule has 0 spiro atoms. The zero-order valence-electron chi connectivity index (χ0n) is 12.3. The molecule has 0 saturated heterocycles. The Morgan fingerprint density at radius 3 is 2.24 bits per heavy atom. The van der Waals surface area contributed by atoms with Crippen LogP contribution in [0.25, 0.3) is 0 Å². The van der Waals surface area contributed by atoms with Gasteiger partial charge in [0.2, 0.25) is 0 Å². The monoisotopic (exact) mass is 292 g/mol. The number of hydrogen-bond donors (Lipinski definition) is 2. The molecule has 0 amide bonds. The van der Waals surface area contributed by atoms with Crippen molar-refractivity contribution >= 4 is 11.6 Å². The molecule has 0 unspecified atom stereocenters. The molecular formula is C15H18F2N4. The van der Waals surface area contributed by atoms with Crippen LogP contribution in [-0.2, 0) is 6.42 Å². The summed E-state index contributed by atoms with van der Waals surface area (Å²) in [6, 6.07) is 3.54. The minimum absolute atomic E-state index is 0.506. The number of rotatable bonds is 5. The summed E-state index contributed by atoms with van der Waals surface area (Å²) in [6.45, 7) is 4.26. The third-order valence-corrected chi connectivity index (χ3v) is 3.12. The zero-order chi connectivity index (χ0) is 15.4. The lowest BCUT2D eigenvalue weighted by molar-refractivity contribution is 0.580. The molecule has 0 saturated carbocycles. The Morgan fingerprint density at radius 1 is 1.00 bits per heavy atom. The number of hydrogen-bond acceptors (Lipinski definition) is 4. The fourth-order valence-electron chi connectivity index (χ4n) is 2.12. The van der Waals surface area contributed by atoms with Gasteiger partial charge in [-0.05, 0) is 38.0 Å². The van der Waals surface area contributed by atoms with Crippen LogP contribution in [0.1, 0.15) is 17.0 Å². The Hall–Kier alpha value is -2.24. The average Bonchev–Trinajstić information content (AvgIpc) is 2.41. The largest absolute Gasteiger partial charge is 0.373 e. The number of benzene rings is 1. The number of nitrogens with zero attached hydrogens (tertiary/aromatic N) is 2. The molecule has 0 bridgehead atoms. The van der Waals surface area contributed by atoms with Gasteiger partial charge in [-0.3, -0.25) is 0 Å². The summed E-state index contributed by atoms with van der Waals surface area (Å²) < 4.78 is 26.2. The van der Waals surface area contributed by atoms with Crippen molar-refractivity contribution in [2.75, 3.05) is 24.2 Å². The van der Waals surface area contributed by atoms with E-state index in [1.807, 2.05) is 13.8 Å². The van der Waals surface area contributed by atoms with Gasteiger partial charge in [-0.2, -0.15) is 0 Å². The van der Waals surface area contributed by atoms with Crippen LogP contribution in [0.3, 0.4) is 0 Å². The molecule has 4 nitrogen and oxygen atoms in total. The molecular weight excluding hydrogens is 274 g/mol. The highest BCUT2D eigenvalue weighted by molar-refractivity contribution is 5.56. The summed E-state index contributed by atoms with van der Waals surface area (Å²) in [5, 5.41) is 6.19. The lowest BCUT2D eigenvalue weighted by Gasteiger charge is -2.12. The van der Waals surface area contributed by atoms with Crippen molar-refractivity contribution < 1.29 is 8.78 Å². The maximum absolute atomic E-state index is 13.1. The Morgan fingerprint density at radius 2 is 1.62 bits per heavy atom. The quantitative estimate of drug-likeness (QED) is 0.889. The van der Waals surface area contributed by atoms with Crippen molar-refractivity contribution in [1.29, 1.82) is 0 Å². The highest BCUT2D eigenvalue weighted by Crippen LogP contribution is 2.19. The van der Waals surface area contributed by atoms with Crippen LogP contribution < -0.4 is 10.6 Å². The van der Waals surface area contributed by atoms with Crippen LogP contribution in [-0.4, -0.2) is 23.6 Å². The third kappa shape index (κ3) is 3.87. The summed E-state index contributed by atoms with van der Waals surface area (Å²) in [6.07, 6.45) is 0.506. The van der Waals surface area contributed by atoms with Crippen LogP contribution in [0.15, 0.2) is 18.2 Å². The highest BCUT2D eigenvalue weighted by Gasteiger charge is 2.08. The lowest BCUT2D eigenvalue weighted by Crippen LogP contribution is -2.11. The predicted molar refractivity (Wildman–Crippen MR) is 79.6 cm³/mol. The molecule has 0 aliphatic rings. The zero-order valence-corrected chi connectivity index (χ0v) is 12.3. The average molecular weight is 292 g/mol. The minimum atomic E-state index is -0.559. The first-order chi connectivity index (χ1) is 9.99. The number of nitrogens with one attached hydrogen (secondary N) is 2. The molecule has 1 aromatic carbocycles. The molecule has 2 aromatic rings. The van der Waals surface area contributed by atoms with E-state index in [4.69, 9.17) is 0 Å². The van der Waals surface area contributed by atoms with E-state index < -0.39 is 11.6 Å². The fourth-order valence-corrected chi connectivity index (χ4v) is 2.12. The summed E-state index contributed by atoms with van der Waals surface area (Å²) >= 11 is 0. The Kier molecular flexibility index (Phi) is 4.67. The van der Waals surface area contributed by atoms with E-state index >= 15 is 0 Å². The second kappa shape index (κ2) is 6.47. The van der Waals surface area contributed by atoms with Gasteiger partial charge in [0.05, 0.1) is 0 Å². The second-order valence-corrected chi connectivity index (χ2v) is 4.80. The van der Waals surface area contributed by atoms with Crippen LogP contribution in [0.5, 0.6) is 0 Å². The molecule has 0 fully saturated rings. The minimum Gasteiger partial charge on any atom is -0.373 e. The molecule has 21 heavy (non-hydrogen) atoms. The molecule has 2 N–H and O–H groups in total. The van der Waals surface area contributed by atoms with Crippen molar-refractivity contribution in [3.05, 3.63) is 46.8 Å². The molecule has 6 heteroatoms. The van der Waals surface area contributed by atoms with Crippen LogP contribution in [0.4, 0.5) is 20.4 Å². The fraction of sp³-hybridized carbons (Fsp3) is 0.333. The molecule has 1 aromatic heterocycles. The van der Waals surface area contributed by atoms with Crippen LogP contribution >= 0.6 is 0 Å². The molecule has 0 radical (unpaired) electrons. The van der Waals surface area contributed by atoms with Gasteiger partial charge in [0.25, 0.3) is 0 Å². The van der Waals surface area contributed by atoms with Gasteiger partial charge in [0.1, 0.15) is 29.1 Å².